The maximum Gasteiger partial charge on any atom is 0.268 e. The van der Waals surface area contributed by atoms with E-state index >= 15 is 0 Å². The molecule has 0 aliphatic rings. The Labute approximate surface area is 176 Å². The molecule has 2 amide bonds. The van der Waals surface area contributed by atoms with E-state index in [1.165, 1.54) is 18.3 Å². The zero-order valence-corrected chi connectivity index (χ0v) is 16.9. The number of aromatic nitrogens is 2. The summed E-state index contributed by atoms with van der Waals surface area (Å²) in [4.78, 5) is 29.7. The van der Waals surface area contributed by atoms with Gasteiger partial charge in [0.05, 0.1) is 11.4 Å². The number of hydrogen-bond donors (Lipinski definition) is 2. The van der Waals surface area contributed by atoms with Crippen LogP contribution in [0.1, 0.15) is 22.2 Å². The summed E-state index contributed by atoms with van der Waals surface area (Å²) in [6.45, 7) is 1.82. The predicted octanol–water partition coefficient (Wildman–Crippen LogP) is 4.35. The first-order valence-corrected chi connectivity index (χ1v) is 10.0. The molecule has 2 heterocycles. The Hall–Kier alpha value is -3.78. The minimum atomic E-state index is -0.191. The van der Waals surface area contributed by atoms with Crippen molar-refractivity contribution in [2.45, 2.75) is 13.5 Å². The van der Waals surface area contributed by atoms with Crippen molar-refractivity contribution in [3.63, 3.8) is 0 Å². The normalized spacial score (nSPS) is 10.6. The van der Waals surface area contributed by atoms with Crippen LogP contribution in [-0.4, -0.2) is 22.0 Å². The first-order chi connectivity index (χ1) is 14.6. The van der Waals surface area contributed by atoms with Gasteiger partial charge in [-0.2, -0.15) is 4.98 Å². The van der Waals surface area contributed by atoms with Gasteiger partial charge in [-0.05, 0) is 36.4 Å². The van der Waals surface area contributed by atoms with E-state index in [0.29, 0.717) is 29.5 Å². The number of rotatable bonds is 6. The average molecular weight is 418 g/mol. The van der Waals surface area contributed by atoms with Gasteiger partial charge in [-0.15, -0.1) is 11.3 Å². The number of benzene rings is 2. The van der Waals surface area contributed by atoms with Crippen LogP contribution in [0.2, 0.25) is 0 Å². The molecule has 0 bridgehead atoms. The lowest BCUT2D eigenvalue weighted by Gasteiger charge is -2.05. The molecule has 2 aromatic carbocycles. The Balaban J connectivity index is 1.37. The summed E-state index contributed by atoms with van der Waals surface area (Å²) in [6, 6.07) is 20.2. The molecule has 0 aliphatic heterocycles. The molecule has 4 rings (SSSR count). The lowest BCUT2D eigenvalue weighted by molar-refractivity contribution is -0.114. The smallest absolute Gasteiger partial charge is 0.268 e. The van der Waals surface area contributed by atoms with Crippen molar-refractivity contribution in [2.75, 3.05) is 5.32 Å². The molecule has 0 spiro atoms. The van der Waals surface area contributed by atoms with Gasteiger partial charge >= 0.3 is 0 Å². The van der Waals surface area contributed by atoms with Gasteiger partial charge in [0.15, 0.2) is 0 Å². The second-order valence-corrected chi connectivity index (χ2v) is 7.66. The van der Waals surface area contributed by atoms with Gasteiger partial charge in [0.25, 0.3) is 11.8 Å². The van der Waals surface area contributed by atoms with Crippen LogP contribution in [0.3, 0.4) is 0 Å². The Bertz CT molecular complexity index is 1170. The summed E-state index contributed by atoms with van der Waals surface area (Å²) >= 11 is 1.48. The monoisotopic (exact) mass is 418 g/mol. The highest BCUT2D eigenvalue weighted by molar-refractivity contribution is 7.15. The zero-order valence-electron chi connectivity index (χ0n) is 16.1. The highest BCUT2D eigenvalue weighted by Gasteiger charge is 2.13. The number of carbonyl (C=O) groups is 2. The molecule has 7 nitrogen and oxygen atoms in total. The molecule has 8 heteroatoms. The fourth-order valence-corrected chi connectivity index (χ4v) is 3.66. The van der Waals surface area contributed by atoms with Crippen LogP contribution < -0.4 is 10.6 Å². The molecule has 0 saturated carbocycles. The standard InChI is InChI=1S/C22H18N4O3S/c1-14(27)24-17-9-7-16(8-10-17)21(28)23-13-18-11-12-19(30-18)22-25-20(26-29-22)15-5-3-2-4-6-15/h2-12H,13H2,1H3,(H,23,28)(H,24,27). The Kier molecular flexibility index (Phi) is 5.67. The number of thiophene rings is 1. The molecule has 30 heavy (non-hydrogen) atoms. The minimum Gasteiger partial charge on any atom is -0.347 e. The van der Waals surface area contributed by atoms with Crippen molar-refractivity contribution in [1.29, 1.82) is 0 Å². The molecule has 0 radical (unpaired) electrons. The first-order valence-electron chi connectivity index (χ1n) is 9.22. The second kappa shape index (κ2) is 8.71. The van der Waals surface area contributed by atoms with Gasteiger partial charge < -0.3 is 15.2 Å². The number of amides is 2. The molecule has 0 fully saturated rings. The lowest BCUT2D eigenvalue weighted by Crippen LogP contribution is -2.22. The molecule has 2 aromatic heterocycles. The fourth-order valence-electron chi connectivity index (χ4n) is 2.79. The summed E-state index contributed by atoms with van der Waals surface area (Å²) in [5, 5.41) is 9.59. The highest BCUT2D eigenvalue weighted by atomic mass is 32.1. The van der Waals surface area contributed by atoms with Crippen molar-refractivity contribution in [1.82, 2.24) is 15.5 Å². The maximum atomic E-state index is 12.4. The van der Waals surface area contributed by atoms with Gasteiger partial charge in [0.1, 0.15) is 0 Å². The molecule has 2 N–H and O–H groups in total. The van der Waals surface area contributed by atoms with Crippen LogP contribution in [0.5, 0.6) is 0 Å². The minimum absolute atomic E-state index is 0.155. The van der Waals surface area contributed by atoms with Crippen molar-refractivity contribution in [2.24, 2.45) is 0 Å². The summed E-state index contributed by atoms with van der Waals surface area (Å²) in [6.07, 6.45) is 0. The quantitative estimate of drug-likeness (QED) is 0.485. The van der Waals surface area contributed by atoms with E-state index in [-0.39, 0.29) is 11.8 Å². The Morgan fingerprint density at radius 1 is 1.00 bits per heavy atom. The summed E-state index contributed by atoms with van der Waals surface area (Å²) in [5.74, 6) is 0.642. The average Bonchev–Trinajstić information content (AvgIpc) is 3.42. The fraction of sp³-hybridized carbons (Fsp3) is 0.0909. The van der Waals surface area contributed by atoms with Crippen molar-refractivity contribution >= 4 is 28.8 Å². The van der Waals surface area contributed by atoms with Crippen LogP contribution in [0.25, 0.3) is 22.2 Å². The number of nitrogens with one attached hydrogen (secondary N) is 2. The van der Waals surface area contributed by atoms with Crippen LogP contribution in [-0.2, 0) is 11.3 Å². The lowest BCUT2D eigenvalue weighted by atomic mass is 10.2. The molecule has 150 valence electrons. The number of anilines is 1. The van der Waals surface area contributed by atoms with Crippen LogP contribution in [0.15, 0.2) is 71.3 Å². The van der Waals surface area contributed by atoms with E-state index in [1.807, 2.05) is 42.5 Å². The van der Waals surface area contributed by atoms with Crippen molar-refractivity contribution < 1.29 is 14.1 Å². The van der Waals surface area contributed by atoms with Gasteiger partial charge in [-0.1, -0.05) is 35.5 Å². The first kappa shape index (κ1) is 19.5. The molecule has 0 unspecified atom stereocenters. The van der Waals surface area contributed by atoms with E-state index in [9.17, 15) is 9.59 Å². The van der Waals surface area contributed by atoms with Crippen LogP contribution in [0.4, 0.5) is 5.69 Å². The van der Waals surface area contributed by atoms with Crippen LogP contribution >= 0.6 is 11.3 Å². The number of nitrogens with zero attached hydrogens (tertiary/aromatic N) is 2. The highest BCUT2D eigenvalue weighted by Crippen LogP contribution is 2.28. The zero-order chi connectivity index (χ0) is 20.9. The van der Waals surface area contributed by atoms with Gasteiger partial charge in [0.2, 0.25) is 11.7 Å². The number of carbonyl (C=O) groups excluding carboxylic acids is 2. The molecule has 0 aliphatic carbocycles. The Morgan fingerprint density at radius 2 is 1.77 bits per heavy atom. The summed E-state index contributed by atoms with van der Waals surface area (Å²) in [7, 11) is 0. The van der Waals surface area contributed by atoms with Gasteiger partial charge in [-0.3, -0.25) is 9.59 Å². The topological polar surface area (TPSA) is 97.1 Å². The van der Waals surface area contributed by atoms with Gasteiger partial charge in [0, 0.05) is 28.6 Å². The SMILES string of the molecule is CC(=O)Nc1ccc(C(=O)NCc2ccc(-c3nc(-c4ccccc4)no3)s2)cc1. The largest absolute Gasteiger partial charge is 0.347 e. The van der Waals surface area contributed by atoms with Crippen molar-refractivity contribution in [3.8, 4) is 22.2 Å². The molecular weight excluding hydrogens is 400 g/mol. The second-order valence-electron chi connectivity index (χ2n) is 6.50. The van der Waals surface area contributed by atoms with E-state index in [4.69, 9.17) is 4.52 Å². The maximum absolute atomic E-state index is 12.4. The molecule has 0 saturated heterocycles. The Morgan fingerprint density at radius 3 is 2.50 bits per heavy atom. The van der Waals surface area contributed by atoms with Gasteiger partial charge in [-0.25, -0.2) is 0 Å². The van der Waals surface area contributed by atoms with E-state index < -0.39 is 0 Å². The molecule has 4 aromatic rings. The van der Waals surface area contributed by atoms with E-state index in [2.05, 4.69) is 20.8 Å². The van der Waals surface area contributed by atoms with E-state index in [0.717, 1.165) is 15.3 Å². The van der Waals surface area contributed by atoms with Crippen LogP contribution in [0, 0.1) is 0 Å². The third kappa shape index (κ3) is 4.61. The van der Waals surface area contributed by atoms with E-state index in [1.54, 1.807) is 24.3 Å². The summed E-state index contributed by atoms with van der Waals surface area (Å²) < 4.78 is 5.38. The van der Waals surface area contributed by atoms with Crippen molar-refractivity contribution in [3.05, 3.63) is 77.2 Å². The summed E-state index contributed by atoms with van der Waals surface area (Å²) in [5.41, 5.74) is 2.06. The third-order valence-corrected chi connectivity index (χ3v) is 5.29. The molecule has 0 atom stereocenters. The number of hydrogen-bond acceptors (Lipinski definition) is 6. The third-order valence-electron chi connectivity index (χ3n) is 4.22. The predicted molar refractivity (Wildman–Crippen MR) is 115 cm³/mol. The molecular formula is C22H18N4O3S.